The first-order chi connectivity index (χ1) is 19.7. The SMILES string of the molecule is OC[C@H]1O[C@]2(OCC[C@H]2/N=C\c2c(O)ccc3ccccc23)[C@H](O)[C@@H](n2cc(-c3cc(F)c(F)c(F)c3)nn2)[C@H]1O. The van der Waals surface area contributed by atoms with Crippen molar-refractivity contribution in [3.8, 4) is 17.0 Å². The van der Waals surface area contributed by atoms with Gasteiger partial charge < -0.3 is 29.9 Å². The maximum atomic E-state index is 13.8. The molecule has 2 saturated heterocycles. The molecular weight excluding hydrogens is 545 g/mol. The van der Waals surface area contributed by atoms with Gasteiger partial charge in [-0.2, -0.15) is 0 Å². The second-order valence-corrected chi connectivity index (χ2v) is 9.97. The third-order valence-electron chi connectivity index (χ3n) is 7.59. The monoisotopic (exact) mass is 570 g/mol. The summed E-state index contributed by atoms with van der Waals surface area (Å²) >= 11 is 0. The van der Waals surface area contributed by atoms with E-state index in [0.29, 0.717) is 12.0 Å². The van der Waals surface area contributed by atoms with Crippen molar-refractivity contribution in [1.82, 2.24) is 15.0 Å². The molecule has 41 heavy (non-hydrogen) atoms. The van der Waals surface area contributed by atoms with Crippen LogP contribution in [0.5, 0.6) is 5.75 Å². The van der Waals surface area contributed by atoms with Gasteiger partial charge in [-0.25, -0.2) is 17.9 Å². The van der Waals surface area contributed by atoms with Gasteiger partial charge in [0.25, 0.3) is 0 Å². The molecular formula is C28H25F3N4O6. The number of nitrogens with zero attached hydrogens (tertiary/aromatic N) is 4. The number of aliphatic hydroxyl groups excluding tert-OH is 3. The molecule has 0 aliphatic carbocycles. The smallest absolute Gasteiger partial charge is 0.220 e. The highest BCUT2D eigenvalue weighted by atomic mass is 19.2. The number of aliphatic hydroxyl groups is 3. The van der Waals surface area contributed by atoms with Crippen LogP contribution in [0.2, 0.25) is 0 Å². The van der Waals surface area contributed by atoms with E-state index < -0.39 is 60.2 Å². The van der Waals surface area contributed by atoms with Crippen LogP contribution < -0.4 is 0 Å². The standard InChI is InChI=1S/C28H25F3N4O6/c29-18-9-15(10-19(30)24(18)31)20-12-35(34-33-20)25-26(38)22(13-36)41-28(27(25)39)23(7-8-40-28)32-11-17-16-4-2-1-3-14(16)5-6-21(17)37/h1-6,9-12,22-23,25-27,36-39H,7-8,13H2/b32-11-/t22-,23-,25+,26+,27-,28+/m1/s1. The minimum atomic E-state index is -1.83. The summed E-state index contributed by atoms with van der Waals surface area (Å²) in [5.74, 6) is -6.30. The van der Waals surface area contributed by atoms with Crippen LogP contribution in [-0.2, 0) is 9.47 Å². The molecule has 3 aromatic carbocycles. The molecule has 214 valence electrons. The van der Waals surface area contributed by atoms with E-state index in [1.54, 1.807) is 12.1 Å². The summed E-state index contributed by atoms with van der Waals surface area (Å²) in [6.45, 7) is -0.524. The third kappa shape index (κ3) is 4.55. The number of rotatable bonds is 5. The van der Waals surface area contributed by atoms with Crippen molar-refractivity contribution >= 4 is 17.0 Å². The van der Waals surface area contributed by atoms with Crippen LogP contribution in [0, 0.1) is 17.5 Å². The van der Waals surface area contributed by atoms with E-state index in [4.69, 9.17) is 9.47 Å². The van der Waals surface area contributed by atoms with Crippen LogP contribution >= 0.6 is 0 Å². The number of aliphatic imine (C=N–C) groups is 1. The number of hydrogen-bond donors (Lipinski definition) is 4. The Morgan fingerprint density at radius 1 is 1.10 bits per heavy atom. The second kappa shape index (κ2) is 10.5. The normalized spacial score (nSPS) is 28.3. The van der Waals surface area contributed by atoms with Crippen molar-refractivity contribution < 1.29 is 43.1 Å². The van der Waals surface area contributed by atoms with Gasteiger partial charge in [-0.1, -0.05) is 35.5 Å². The molecule has 0 bridgehead atoms. The summed E-state index contributed by atoms with van der Waals surface area (Å²) in [5.41, 5.74) is 0.272. The van der Waals surface area contributed by atoms with E-state index >= 15 is 0 Å². The Morgan fingerprint density at radius 2 is 1.85 bits per heavy atom. The van der Waals surface area contributed by atoms with Crippen molar-refractivity contribution in [2.24, 2.45) is 4.99 Å². The molecule has 0 unspecified atom stereocenters. The topological polar surface area (TPSA) is 142 Å². The molecule has 13 heteroatoms. The zero-order valence-electron chi connectivity index (χ0n) is 21.3. The minimum Gasteiger partial charge on any atom is -0.507 e. The minimum absolute atomic E-state index is 0.00382. The fraction of sp³-hybridized carbons (Fsp3) is 0.321. The van der Waals surface area contributed by atoms with Gasteiger partial charge in [0.05, 0.1) is 19.4 Å². The second-order valence-electron chi connectivity index (χ2n) is 9.97. The van der Waals surface area contributed by atoms with E-state index in [1.165, 1.54) is 12.4 Å². The van der Waals surface area contributed by atoms with Crippen LogP contribution in [0.3, 0.4) is 0 Å². The van der Waals surface area contributed by atoms with Crippen molar-refractivity contribution in [2.75, 3.05) is 13.2 Å². The van der Waals surface area contributed by atoms with E-state index in [9.17, 15) is 33.6 Å². The zero-order chi connectivity index (χ0) is 28.9. The maximum Gasteiger partial charge on any atom is 0.220 e. The first-order valence-electron chi connectivity index (χ1n) is 12.8. The van der Waals surface area contributed by atoms with Gasteiger partial charge in [-0.3, -0.25) is 4.99 Å². The van der Waals surface area contributed by atoms with Crippen LogP contribution in [0.25, 0.3) is 22.0 Å². The van der Waals surface area contributed by atoms with Gasteiger partial charge in [0.1, 0.15) is 41.8 Å². The molecule has 2 aliphatic heterocycles. The van der Waals surface area contributed by atoms with Gasteiger partial charge in [-0.15, -0.1) is 5.10 Å². The molecule has 1 spiro atoms. The van der Waals surface area contributed by atoms with Crippen molar-refractivity contribution in [2.45, 2.75) is 42.6 Å². The lowest BCUT2D eigenvalue weighted by Crippen LogP contribution is -2.66. The number of benzene rings is 3. The lowest BCUT2D eigenvalue weighted by atomic mass is 9.86. The number of hydrogen-bond acceptors (Lipinski definition) is 9. The Morgan fingerprint density at radius 3 is 2.61 bits per heavy atom. The van der Waals surface area contributed by atoms with Crippen LogP contribution in [0.15, 0.2) is 59.7 Å². The quantitative estimate of drug-likeness (QED) is 0.212. The Labute approximate surface area is 230 Å². The lowest BCUT2D eigenvalue weighted by molar-refractivity contribution is -0.342. The molecule has 4 aromatic rings. The maximum absolute atomic E-state index is 13.8. The van der Waals surface area contributed by atoms with E-state index in [-0.39, 0.29) is 23.6 Å². The summed E-state index contributed by atoms with van der Waals surface area (Å²) in [7, 11) is 0. The summed E-state index contributed by atoms with van der Waals surface area (Å²) in [5, 5.41) is 52.6. The molecule has 0 radical (unpaired) electrons. The molecule has 1 aromatic heterocycles. The predicted molar refractivity (Wildman–Crippen MR) is 139 cm³/mol. The predicted octanol–water partition coefficient (Wildman–Crippen LogP) is 2.48. The van der Waals surface area contributed by atoms with Crippen molar-refractivity contribution in [1.29, 1.82) is 0 Å². The van der Waals surface area contributed by atoms with Gasteiger partial charge in [0.15, 0.2) is 17.5 Å². The fourth-order valence-electron chi connectivity index (χ4n) is 5.51. The van der Waals surface area contributed by atoms with Gasteiger partial charge in [0.2, 0.25) is 5.79 Å². The Hall–Kier alpha value is -3.88. The van der Waals surface area contributed by atoms with Crippen molar-refractivity contribution in [3.63, 3.8) is 0 Å². The number of phenols is 1. The molecule has 2 fully saturated rings. The summed E-state index contributed by atoms with van der Waals surface area (Å²) in [4.78, 5) is 4.61. The Balaban J connectivity index is 1.36. The number of halogens is 3. The van der Waals surface area contributed by atoms with Gasteiger partial charge in [-0.05, 0) is 35.4 Å². The van der Waals surface area contributed by atoms with E-state index in [1.807, 2.05) is 24.3 Å². The highest BCUT2D eigenvalue weighted by molar-refractivity contribution is 6.02. The highest BCUT2D eigenvalue weighted by Crippen LogP contribution is 2.44. The Bertz CT molecular complexity index is 1610. The number of aromatic hydroxyl groups is 1. The summed E-state index contributed by atoms with van der Waals surface area (Å²) in [6.07, 6.45) is -1.36. The molecule has 6 atom stereocenters. The van der Waals surface area contributed by atoms with Crippen LogP contribution in [-0.4, -0.2) is 85.0 Å². The van der Waals surface area contributed by atoms with Crippen molar-refractivity contribution in [3.05, 3.63) is 77.7 Å². The molecule has 0 amide bonds. The molecule has 4 N–H and O–H groups in total. The number of ether oxygens (including phenoxy) is 2. The average Bonchev–Trinajstić information content (AvgIpc) is 3.61. The van der Waals surface area contributed by atoms with Crippen LogP contribution in [0.4, 0.5) is 13.2 Å². The molecule has 2 aliphatic rings. The zero-order valence-corrected chi connectivity index (χ0v) is 21.3. The first-order valence-corrected chi connectivity index (χ1v) is 12.8. The highest BCUT2D eigenvalue weighted by Gasteiger charge is 2.61. The fourth-order valence-corrected chi connectivity index (χ4v) is 5.51. The summed E-state index contributed by atoms with van der Waals surface area (Å²) in [6, 6.07) is 10.1. The average molecular weight is 571 g/mol. The summed E-state index contributed by atoms with van der Waals surface area (Å²) < 4.78 is 54.0. The van der Waals surface area contributed by atoms with Crippen LogP contribution in [0.1, 0.15) is 18.0 Å². The van der Waals surface area contributed by atoms with Gasteiger partial charge in [0, 0.05) is 17.3 Å². The van der Waals surface area contributed by atoms with E-state index in [2.05, 4.69) is 15.3 Å². The molecule has 0 saturated carbocycles. The van der Waals surface area contributed by atoms with E-state index in [0.717, 1.165) is 27.6 Å². The molecule has 3 heterocycles. The molecule has 6 rings (SSSR count). The van der Waals surface area contributed by atoms with Gasteiger partial charge >= 0.3 is 0 Å². The number of fused-ring (bicyclic) bond motifs is 1. The molecule has 10 nitrogen and oxygen atoms in total. The largest absolute Gasteiger partial charge is 0.507 e. The third-order valence-corrected chi connectivity index (χ3v) is 7.59. The first kappa shape index (κ1) is 27.3. The number of phenolic OH excluding ortho intramolecular Hbond substituents is 1. The lowest BCUT2D eigenvalue weighted by Gasteiger charge is -2.48. The number of aromatic nitrogens is 3. The Kier molecular flexibility index (Phi) is 6.99.